The Kier molecular flexibility index (Phi) is 6.19. The molecule has 2 atom stereocenters. The van der Waals surface area contributed by atoms with Crippen molar-refractivity contribution in [3.05, 3.63) is 95.6 Å². The molecule has 11 heteroatoms. The molecule has 2 aliphatic rings. The summed E-state index contributed by atoms with van der Waals surface area (Å²) >= 11 is 5.87. The Morgan fingerprint density at radius 3 is 2.46 bits per heavy atom. The quantitative estimate of drug-likeness (QED) is 0.325. The van der Waals surface area contributed by atoms with E-state index in [1.54, 1.807) is 18.3 Å². The number of thiocarbonyl (C=S) groups is 1. The highest BCUT2D eigenvalue weighted by atomic mass is 32.2. The van der Waals surface area contributed by atoms with E-state index in [1.165, 1.54) is 0 Å². The summed E-state index contributed by atoms with van der Waals surface area (Å²) in [5.41, 5.74) is 6.38. The van der Waals surface area contributed by atoms with Crippen molar-refractivity contribution in [3.63, 3.8) is 0 Å². The van der Waals surface area contributed by atoms with Crippen molar-refractivity contribution < 1.29 is 17.9 Å². The van der Waals surface area contributed by atoms with Crippen LogP contribution in [0, 0.1) is 13.8 Å². The molecule has 4 heterocycles. The first-order valence-electron chi connectivity index (χ1n) is 12.4. The second-order valence-electron chi connectivity index (χ2n) is 9.62. The maximum absolute atomic E-state index is 11.7. The molecule has 1 fully saturated rings. The zero-order chi connectivity index (χ0) is 27.3. The summed E-state index contributed by atoms with van der Waals surface area (Å²) in [6, 6.07) is 20.8. The molecule has 200 valence electrons. The highest BCUT2D eigenvalue weighted by Gasteiger charge is 2.42. The fourth-order valence-electron chi connectivity index (χ4n) is 5.36. The third-order valence-electron chi connectivity index (χ3n) is 6.95. The van der Waals surface area contributed by atoms with Crippen molar-refractivity contribution in [2.45, 2.75) is 25.9 Å². The van der Waals surface area contributed by atoms with Gasteiger partial charge in [0.05, 0.1) is 24.0 Å². The van der Waals surface area contributed by atoms with E-state index < -0.39 is 10.0 Å². The van der Waals surface area contributed by atoms with Gasteiger partial charge in [-0.25, -0.2) is 8.42 Å². The minimum absolute atomic E-state index is 0.210. The van der Waals surface area contributed by atoms with Crippen LogP contribution in [0.25, 0.3) is 5.69 Å². The van der Waals surface area contributed by atoms with Gasteiger partial charge in [0, 0.05) is 40.7 Å². The molecule has 1 saturated heterocycles. The third-order valence-corrected chi connectivity index (χ3v) is 7.87. The molecule has 6 rings (SSSR count). The van der Waals surface area contributed by atoms with Crippen LogP contribution >= 0.6 is 12.2 Å². The zero-order valence-electron chi connectivity index (χ0n) is 21.6. The maximum Gasteiger partial charge on any atom is 0.231 e. The van der Waals surface area contributed by atoms with Gasteiger partial charge in [0.15, 0.2) is 16.6 Å². The molecule has 0 bridgehead atoms. The number of fused-ring (bicyclic) bond motifs is 1. The zero-order valence-corrected chi connectivity index (χ0v) is 23.2. The summed E-state index contributed by atoms with van der Waals surface area (Å²) in [4.78, 5) is 6.72. The maximum atomic E-state index is 11.7. The second kappa shape index (κ2) is 9.58. The molecule has 2 aliphatic heterocycles. The van der Waals surface area contributed by atoms with Gasteiger partial charge in [-0.3, -0.25) is 9.71 Å². The molecule has 0 unspecified atom stereocenters. The van der Waals surface area contributed by atoms with Gasteiger partial charge in [-0.2, -0.15) is 0 Å². The fourth-order valence-corrected chi connectivity index (χ4v) is 6.27. The van der Waals surface area contributed by atoms with E-state index in [4.69, 9.17) is 21.7 Å². The van der Waals surface area contributed by atoms with Crippen LogP contribution in [0.5, 0.6) is 11.5 Å². The number of pyridine rings is 1. The van der Waals surface area contributed by atoms with Crippen LogP contribution < -0.4 is 24.4 Å². The largest absolute Gasteiger partial charge is 0.454 e. The van der Waals surface area contributed by atoms with Crippen LogP contribution in [0.2, 0.25) is 0 Å². The number of sulfonamides is 1. The molecule has 0 spiro atoms. The van der Waals surface area contributed by atoms with E-state index in [0.29, 0.717) is 10.8 Å². The molecule has 2 aromatic carbocycles. The number of hydrogen-bond acceptors (Lipinski definition) is 6. The standard InChI is InChI=1S/C28H27N5O4S2/c1-17-14-22(18(2)32(17)21-11-12-24-25(15-21)37-16-36-24)27-26(23-6-4-5-13-29-23)30-28(38)33(27)20-9-7-19(8-10-20)31-39(3,34)35/h4-15,26-27,31H,16H2,1-3H3,(H,30,38)/t26-,27+/m0/s1. The minimum Gasteiger partial charge on any atom is -0.454 e. The molecule has 0 amide bonds. The number of aryl methyl sites for hydroxylation is 1. The monoisotopic (exact) mass is 561 g/mol. The predicted molar refractivity (Wildman–Crippen MR) is 154 cm³/mol. The lowest BCUT2D eigenvalue weighted by molar-refractivity contribution is 0.174. The van der Waals surface area contributed by atoms with E-state index in [2.05, 4.69) is 44.4 Å². The molecular weight excluding hydrogens is 534 g/mol. The molecule has 0 radical (unpaired) electrons. The van der Waals surface area contributed by atoms with E-state index in [-0.39, 0.29) is 18.9 Å². The minimum atomic E-state index is -3.39. The summed E-state index contributed by atoms with van der Waals surface area (Å²) in [7, 11) is -3.39. The molecule has 4 aromatic rings. The summed E-state index contributed by atoms with van der Waals surface area (Å²) in [5, 5.41) is 4.05. The van der Waals surface area contributed by atoms with Crippen LogP contribution in [0.15, 0.2) is 72.9 Å². The van der Waals surface area contributed by atoms with Gasteiger partial charge >= 0.3 is 0 Å². The van der Waals surface area contributed by atoms with Crippen molar-refractivity contribution in [1.29, 1.82) is 0 Å². The van der Waals surface area contributed by atoms with E-state index in [9.17, 15) is 8.42 Å². The Hall–Kier alpha value is -4.09. The Labute approximate surface area is 232 Å². The lowest BCUT2D eigenvalue weighted by Gasteiger charge is -2.28. The Morgan fingerprint density at radius 1 is 1.00 bits per heavy atom. The molecular formula is C28H27N5O4S2. The number of hydrogen-bond donors (Lipinski definition) is 2. The lowest BCUT2D eigenvalue weighted by atomic mass is 9.96. The smallest absolute Gasteiger partial charge is 0.231 e. The first-order valence-corrected chi connectivity index (χ1v) is 14.7. The first-order chi connectivity index (χ1) is 18.7. The predicted octanol–water partition coefficient (Wildman–Crippen LogP) is 4.77. The van der Waals surface area contributed by atoms with Crippen LogP contribution in [-0.2, 0) is 10.0 Å². The van der Waals surface area contributed by atoms with E-state index in [1.807, 2.05) is 48.5 Å². The van der Waals surface area contributed by atoms with Gasteiger partial charge in [-0.05, 0) is 86.2 Å². The number of nitrogens with one attached hydrogen (secondary N) is 2. The molecule has 0 saturated carbocycles. The Balaban J connectivity index is 1.45. The molecule has 2 N–H and O–H groups in total. The SMILES string of the molecule is Cc1cc([C@@H]2[C@H](c3ccccn3)NC(=S)N2c2ccc(NS(C)(=O)=O)cc2)c(C)n1-c1ccc2c(c1)OCO2. The van der Waals surface area contributed by atoms with Crippen LogP contribution in [-0.4, -0.2) is 36.1 Å². The average Bonchev–Trinajstić information content (AvgIpc) is 3.59. The van der Waals surface area contributed by atoms with Crippen LogP contribution in [0.3, 0.4) is 0 Å². The van der Waals surface area contributed by atoms with E-state index >= 15 is 0 Å². The fraction of sp³-hybridized carbons (Fsp3) is 0.214. The number of ether oxygens (including phenoxy) is 2. The molecule has 0 aliphatic carbocycles. The van der Waals surface area contributed by atoms with Crippen molar-refractivity contribution >= 4 is 38.7 Å². The average molecular weight is 562 g/mol. The first kappa shape index (κ1) is 25.2. The van der Waals surface area contributed by atoms with Gasteiger partial charge in [0.2, 0.25) is 16.8 Å². The number of rotatable bonds is 6. The summed E-state index contributed by atoms with van der Waals surface area (Å²) in [6.45, 7) is 4.40. The van der Waals surface area contributed by atoms with Gasteiger partial charge < -0.3 is 24.3 Å². The number of aromatic nitrogens is 2. The Bertz CT molecular complexity index is 1670. The van der Waals surface area contributed by atoms with Crippen molar-refractivity contribution in [2.24, 2.45) is 0 Å². The summed E-state index contributed by atoms with van der Waals surface area (Å²) < 4.78 is 39.3. The number of benzene rings is 2. The van der Waals surface area contributed by atoms with Gasteiger partial charge in [-0.15, -0.1) is 0 Å². The van der Waals surface area contributed by atoms with Gasteiger partial charge in [0.25, 0.3) is 0 Å². The third kappa shape index (κ3) is 4.68. The van der Waals surface area contributed by atoms with Crippen molar-refractivity contribution in [1.82, 2.24) is 14.9 Å². The molecule has 9 nitrogen and oxygen atoms in total. The van der Waals surface area contributed by atoms with Crippen molar-refractivity contribution in [3.8, 4) is 17.2 Å². The van der Waals surface area contributed by atoms with Crippen LogP contribution in [0.4, 0.5) is 11.4 Å². The number of anilines is 2. The highest BCUT2D eigenvalue weighted by Crippen LogP contribution is 2.44. The summed E-state index contributed by atoms with van der Waals surface area (Å²) in [5.74, 6) is 1.46. The molecule has 2 aromatic heterocycles. The van der Waals surface area contributed by atoms with Crippen molar-refractivity contribution in [2.75, 3.05) is 22.7 Å². The summed E-state index contributed by atoms with van der Waals surface area (Å²) in [6.07, 6.45) is 2.91. The number of nitrogens with zero attached hydrogens (tertiary/aromatic N) is 3. The van der Waals surface area contributed by atoms with Crippen LogP contribution in [0.1, 0.15) is 34.7 Å². The lowest BCUT2D eigenvalue weighted by Crippen LogP contribution is -2.29. The Morgan fingerprint density at radius 2 is 1.74 bits per heavy atom. The van der Waals surface area contributed by atoms with Gasteiger partial charge in [0.1, 0.15) is 0 Å². The highest BCUT2D eigenvalue weighted by molar-refractivity contribution is 7.92. The van der Waals surface area contributed by atoms with E-state index in [0.717, 1.165) is 51.8 Å². The normalized spacial score (nSPS) is 18.3. The second-order valence-corrected chi connectivity index (χ2v) is 11.8. The van der Waals surface area contributed by atoms with Gasteiger partial charge in [-0.1, -0.05) is 6.07 Å². The molecule has 39 heavy (non-hydrogen) atoms. The topological polar surface area (TPSA) is 97.7 Å².